The van der Waals surface area contributed by atoms with Crippen molar-refractivity contribution in [1.82, 2.24) is 14.7 Å². The van der Waals surface area contributed by atoms with E-state index < -0.39 is 5.97 Å². The number of carboxylic acid groups (broad SMARTS) is 1. The molecule has 1 aliphatic rings. The summed E-state index contributed by atoms with van der Waals surface area (Å²) in [4.78, 5) is 14.1. The summed E-state index contributed by atoms with van der Waals surface area (Å²) < 4.78 is 1.57. The molecule has 108 valence electrons. The zero-order valence-electron chi connectivity index (χ0n) is 11.5. The summed E-state index contributed by atoms with van der Waals surface area (Å²) in [5, 5.41) is 13.7. The highest BCUT2D eigenvalue weighted by atomic mass is 32.1. The number of aromatic nitrogens is 2. The first-order chi connectivity index (χ1) is 10.2. The van der Waals surface area contributed by atoms with Crippen LogP contribution in [0.3, 0.4) is 0 Å². The van der Waals surface area contributed by atoms with E-state index in [1.807, 2.05) is 12.1 Å². The van der Waals surface area contributed by atoms with Crippen LogP contribution in [0.15, 0.2) is 24.4 Å². The minimum atomic E-state index is -1.02. The van der Waals surface area contributed by atoms with Crippen molar-refractivity contribution in [3.8, 4) is 16.8 Å². The minimum absolute atomic E-state index is 0.0464. The van der Waals surface area contributed by atoms with Gasteiger partial charge in [-0.15, -0.1) is 11.3 Å². The van der Waals surface area contributed by atoms with E-state index in [2.05, 4.69) is 21.8 Å². The van der Waals surface area contributed by atoms with Crippen LogP contribution in [0.5, 0.6) is 0 Å². The molecule has 0 aliphatic carbocycles. The fourth-order valence-corrected chi connectivity index (χ4v) is 3.07. The SMILES string of the molecule is O=C(O)c1ccn(-c2ccc(C#CCN3CCCC3)s2)n1. The standard InChI is InChI=1S/C15H15N3O2S/c19-15(20)13-7-11-18(16-13)14-6-5-12(21-14)4-3-10-17-8-1-2-9-17/h5-7,11H,1-2,8-10H2,(H,19,20). The molecule has 1 fully saturated rings. The number of thiophene rings is 1. The first-order valence-electron chi connectivity index (χ1n) is 6.83. The van der Waals surface area contributed by atoms with Gasteiger partial charge in [-0.3, -0.25) is 4.90 Å². The van der Waals surface area contributed by atoms with Crippen molar-refractivity contribution < 1.29 is 9.90 Å². The first-order valence-corrected chi connectivity index (χ1v) is 7.64. The molecular formula is C15H15N3O2S. The fourth-order valence-electron chi connectivity index (χ4n) is 2.26. The normalized spacial score (nSPS) is 14.9. The van der Waals surface area contributed by atoms with Crippen LogP contribution in [0.25, 0.3) is 5.00 Å². The van der Waals surface area contributed by atoms with Gasteiger partial charge in [-0.1, -0.05) is 11.8 Å². The van der Waals surface area contributed by atoms with Gasteiger partial charge in [0.15, 0.2) is 5.69 Å². The summed E-state index contributed by atoms with van der Waals surface area (Å²) in [7, 11) is 0. The van der Waals surface area contributed by atoms with Crippen LogP contribution in [0.4, 0.5) is 0 Å². The van der Waals surface area contributed by atoms with Gasteiger partial charge in [-0.05, 0) is 44.1 Å². The van der Waals surface area contributed by atoms with Crippen molar-refractivity contribution in [3.63, 3.8) is 0 Å². The molecule has 1 aliphatic heterocycles. The van der Waals surface area contributed by atoms with Crippen LogP contribution in [-0.4, -0.2) is 45.4 Å². The number of hydrogen-bond donors (Lipinski definition) is 1. The Kier molecular flexibility index (Phi) is 4.04. The second kappa shape index (κ2) is 6.12. The van der Waals surface area contributed by atoms with Gasteiger partial charge in [0.05, 0.1) is 11.4 Å². The number of rotatable bonds is 3. The summed E-state index contributed by atoms with van der Waals surface area (Å²) in [6.45, 7) is 3.11. The highest BCUT2D eigenvalue weighted by Gasteiger charge is 2.10. The lowest BCUT2D eigenvalue weighted by molar-refractivity contribution is 0.0690. The highest BCUT2D eigenvalue weighted by Crippen LogP contribution is 2.19. The first kappa shape index (κ1) is 13.9. The van der Waals surface area contributed by atoms with E-state index in [0.29, 0.717) is 0 Å². The summed E-state index contributed by atoms with van der Waals surface area (Å²) in [6, 6.07) is 5.34. The Hall–Kier alpha value is -2.10. The summed E-state index contributed by atoms with van der Waals surface area (Å²) in [5.74, 6) is 5.34. The minimum Gasteiger partial charge on any atom is -0.476 e. The van der Waals surface area contributed by atoms with Crippen molar-refractivity contribution in [2.24, 2.45) is 0 Å². The van der Waals surface area contributed by atoms with Gasteiger partial charge >= 0.3 is 5.97 Å². The van der Waals surface area contributed by atoms with Crippen LogP contribution in [0.1, 0.15) is 28.2 Å². The maximum atomic E-state index is 10.8. The van der Waals surface area contributed by atoms with E-state index in [4.69, 9.17) is 5.11 Å². The topological polar surface area (TPSA) is 58.4 Å². The average Bonchev–Trinajstić information content (AvgIpc) is 3.20. The Morgan fingerprint density at radius 1 is 1.33 bits per heavy atom. The van der Waals surface area contributed by atoms with Crippen LogP contribution in [-0.2, 0) is 0 Å². The molecule has 0 unspecified atom stereocenters. The number of carbonyl (C=O) groups is 1. The maximum Gasteiger partial charge on any atom is 0.356 e. The van der Waals surface area contributed by atoms with Crippen molar-refractivity contribution in [2.75, 3.05) is 19.6 Å². The van der Waals surface area contributed by atoms with E-state index in [1.165, 1.54) is 30.2 Å². The van der Waals surface area contributed by atoms with Crippen molar-refractivity contribution in [1.29, 1.82) is 0 Å². The summed E-state index contributed by atoms with van der Waals surface area (Å²) in [5.41, 5.74) is 0.0464. The third-order valence-electron chi connectivity index (χ3n) is 3.34. The van der Waals surface area contributed by atoms with Gasteiger partial charge in [0.2, 0.25) is 0 Å². The molecule has 0 bridgehead atoms. The molecule has 0 radical (unpaired) electrons. The molecule has 0 aromatic carbocycles. The lowest BCUT2D eigenvalue weighted by Gasteiger charge is -2.08. The number of carboxylic acids is 1. The fraction of sp³-hybridized carbons (Fsp3) is 0.333. The lowest BCUT2D eigenvalue weighted by atomic mass is 10.4. The van der Waals surface area contributed by atoms with E-state index in [1.54, 1.807) is 10.9 Å². The second-order valence-electron chi connectivity index (χ2n) is 4.87. The van der Waals surface area contributed by atoms with E-state index in [0.717, 1.165) is 29.5 Å². The lowest BCUT2D eigenvalue weighted by Crippen LogP contribution is -2.18. The molecule has 1 N–H and O–H groups in total. The van der Waals surface area contributed by atoms with E-state index >= 15 is 0 Å². The van der Waals surface area contributed by atoms with E-state index in [-0.39, 0.29) is 5.69 Å². The molecule has 0 amide bonds. The van der Waals surface area contributed by atoms with Crippen LogP contribution < -0.4 is 0 Å². The Labute approximate surface area is 126 Å². The van der Waals surface area contributed by atoms with Gasteiger partial charge in [0.1, 0.15) is 5.00 Å². The quantitative estimate of drug-likeness (QED) is 0.882. The third kappa shape index (κ3) is 3.32. The summed E-state index contributed by atoms with van der Waals surface area (Å²) in [6.07, 6.45) is 4.20. The molecule has 0 spiro atoms. The molecule has 1 saturated heterocycles. The summed E-state index contributed by atoms with van der Waals surface area (Å²) >= 11 is 1.51. The molecule has 21 heavy (non-hydrogen) atoms. The Morgan fingerprint density at radius 3 is 2.86 bits per heavy atom. The Balaban J connectivity index is 1.67. The molecular weight excluding hydrogens is 286 g/mol. The predicted molar refractivity (Wildman–Crippen MR) is 81.0 cm³/mol. The van der Waals surface area contributed by atoms with Gasteiger partial charge in [0.25, 0.3) is 0 Å². The monoisotopic (exact) mass is 301 g/mol. The zero-order chi connectivity index (χ0) is 14.7. The molecule has 2 aromatic heterocycles. The molecule has 3 rings (SSSR count). The maximum absolute atomic E-state index is 10.8. The van der Waals surface area contributed by atoms with Crippen molar-refractivity contribution >= 4 is 17.3 Å². The molecule has 5 nitrogen and oxygen atoms in total. The van der Waals surface area contributed by atoms with Gasteiger partial charge < -0.3 is 5.11 Å². The second-order valence-corrected chi connectivity index (χ2v) is 5.94. The molecule has 3 heterocycles. The van der Waals surface area contributed by atoms with Crippen molar-refractivity contribution in [3.05, 3.63) is 35.0 Å². The Bertz CT molecular complexity index is 702. The smallest absolute Gasteiger partial charge is 0.356 e. The molecule has 2 aromatic rings. The number of nitrogens with zero attached hydrogens (tertiary/aromatic N) is 3. The molecule has 0 saturated carbocycles. The zero-order valence-corrected chi connectivity index (χ0v) is 12.3. The number of likely N-dealkylation sites (tertiary alicyclic amines) is 1. The van der Waals surface area contributed by atoms with Gasteiger partial charge in [0, 0.05) is 6.20 Å². The van der Waals surface area contributed by atoms with Crippen LogP contribution in [0, 0.1) is 11.8 Å². The predicted octanol–water partition coefficient (Wildman–Crippen LogP) is 2.08. The molecule has 0 atom stereocenters. The number of hydrogen-bond acceptors (Lipinski definition) is 4. The largest absolute Gasteiger partial charge is 0.476 e. The van der Waals surface area contributed by atoms with Crippen LogP contribution in [0.2, 0.25) is 0 Å². The average molecular weight is 301 g/mol. The third-order valence-corrected chi connectivity index (χ3v) is 4.33. The number of aromatic carboxylic acids is 1. The van der Waals surface area contributed by atoms with Crippen molar-refractivity contribution in [2.45, 2.75) is 12.8 Å². The van der Waals surface area contributed by atoms with Gasteiger partial charge in [-0.25, -0.2) is 9.48 Å². The van der Waals surface area contributed by atoms with Crippen LogP contribution >= 0.6 is 11.3 Å². The van der Waals surface area contributed by atoms with E-state index in [9.17, 15) is 4.79 Å². The Morgan fingerprint density at radius 2 is 2.14 bits per heavy atom. The highest BCUT2D eigenvalue weighted by molar-refractivity contribution is 7.15. The van der Waals surface area contributed by atoms with Gasteiger partial charge in [-0.2, -0.15) is 5.10 Å². The molecule has 6 heteroatoms.